The van der Waals surface area contributed by atoms with Gasteiger partial charge in [0.25, 0.3) is 17.1 Å². The molecule has 1 aliphatic heterocycles. The maximum atomic E-state index is 12.9. The quantitative estimate of drug-likeness (QED) is 0.514. The number of benzene rings is 2. The number of hydrogen-bond donors (Lipinski definition) is 1. The lowest BCUT2D eigenvalue weighted by atomic mass is 9.89. The summed E-state index contributed by atoms with van der Waals surface area (Å²) in [7, 11) is 1.51. The van der Waals surface area contributed by atoms with E-state index in [9.17, 15) is 14.4 Å². The minimum absolute atomic E-state index is 0.176. The van der Waals surface area contributed by atoms with Gasteiger partial charge in [-0.05, 0) is 66.4 Å². The van der Waals surface area contributed by atoms with Crippen molar-refractivity contribution >= 4 is 40.6 Å². The molecule has 0 unspecified atom stereocenters. The van der Waals surface area contributed by atoms with Crippen LogP contribution in [-0.4, -0.2) is 42.2 Å². The summed E-state index contributed by atoms with van der Waals surface area (Å²) in [6.45, 7) is 0.327. The predicted octanol–water partition coefficient (Wildman–Crippen LogP) is 5.33. The molecule has 0 bridgehead atoms. The first-order chi connectivity index (χ1) is 16.5. The number of ether oxygens (including phenoxy) is 2. The van der Waals surface area contributed by atoms with Crippen LogP contribution in [0, 0.1) is 5.92 Å². The average Bonchev–Trinajstić information content (AvgIpc) is 3.11. The summed E-state index contributed by atoms with van der Waals surface area (Å²) in [5.74, 6) is 0.717. The van der Waals surface area contributed by atoms with E-state index in [4.69, 9.17) is 9.47 Å². The van der Waals surface area contributed by atoms with Gasteiger partial charge in [0.15, 0.2) is 18.1 Å². The van der Waals surface area contributed by atoms with Crippen molar-refractivity contribution in [1.29, 1.82) is 0 Å². The molecular formula is C26H28N2O5S. The molecule has 7 nitrogen and oxygen atoms in total. The Balaban J connectivity index is 1.39. The van der Waals surface area contributed by atoms with Crippen molar-refractivity contribution in [2.75, 3.05) is 25.6 Å². The molecule has 2 fully saturated rings. The number of methoxy groups -OCH3 is 1. The molecule has 0 atom stereocenters. The summed E-state index contributed by atoms with van der Waals surface area (Å²) in [4.78, 5) is 39.3. The molecule has 0 aromatic heterocycles. The van der Waals surface area contributed by atoms with Gasteiger partial charge in [-0.1, -0.05) is 43.5 Å². The van der Waals surface area contributed by atoms with Crippen LogP contribution in [0.4, 0.5) is 10.5 Å². The SMILES string of the molecule is COc1cc(/C=C2/SC(=O)N(CC3CCCCC3)C2=O)ccc1OCC(=O)Nc1ccccc1. The summed E-state index contributed by atoms with van der Waals surface area (Å²) >= 11 is 0.971. The molecule has 1 N–H and O–H groups in total. The van der Waals surface area contributed by atoms with Crippen LogP contribution in [0.15, 0.2) is 53.4 Å². The third kappa shape index (κ3) is 5.99. The van der Waals surface area contributed by atoms with Crippen molar-refractivity contribution in [3.8, 4) is 11.5 Å². The van der Waals surface area contributed by atoms with E-state index in [1.165, 1.54) is 31.3 Å². The molecule has 4 rings (SSSR count). The van der Waals surface area contributed by atoms with Crippen molar-refractivity contribution in [1.82, 2.24) is 4.90 Å². The minimum Gasteiger partial charge on any atom is -0.493 e. The highest BCUT2D eigenvalue weighted by Crippen LogP contribution is 2.36. The lowest BCUT2D eigenvalue weighted by molar-refractivity contribution is -0.123. The van der Waals surface area contributed by atoms with Gasteiger partial charge >= 0.3 is 0 Å². The van der Waals surface area contributed by atoms with Gasteiger partial charge in [0, 0.05) is 12.2 Å². The first-order valence-electron chi connectivity index (χ1n) is 11.4. The highest BCUT2D eigenvalue weighted by Gasteiger charge is 2.36. The van der Waals surface area contributed by atoms with Gasteiger partial charge in [-0.25, -0.2) is 0 Å². The Morgan fingerprint density at radius 1 is 1.09 bits per heavy atom. The van der Waals surface area contributed by atoms with Crippen LogP contribution < -0.4 is 14.8 Å². The second-order valence-electron chi connectivity index (χ2n) is 8.41. The van der Waals surface area contributed by atoms with E-state index in [2.05, 4.69) is 5.32 Å². The standard InChI is InChI=1S/C26H28N2O5S/c1-32-22-14-19(12-13-21(22)33-17-24(29)27-20-10-6-3-7-11-20)15-23-25(30)28(26(31)34-23)16-18-8-4-2-5-9-18/h3,6-7,10-15,18H,2,4-5,8-9,16-17H2,1H3,(H,27,29)/b23-15+. The molecule has 2 aliphatic rings. The Morgan fingerprint density at radius 2 is 1.85 bits per heavy atom. The fraction of sp³-hybridized carbons (Fsp3) is 0.346. The van der Waals surface area contributed by atoms with Crippen LogP contribution in [0.1, 0.15) is 37.7 Å². The molecule has 1 heterocycles. The summed E-state index contributed by atoms with van der Waals surface area (Å²) in [6, 6.07) is 14.3. The van der Waals surface area contributed by atoms with Crippen molar-refractivity contribution in [3.63, 3.8) is 0 Å². The summed E-state index contributed by atoms with van der Waals surface area (Å²) < 4.78 is 11.1. The maximum absolute atomic E-state index is 12.9. The third-order valence-corrected chi connectivity index (χ3v) is 6.85. The summed E-state index contributed by atoms with van der Waals surface area (Å²) in [5, 5.41) is 2.55. The smallest absolute Gasteiger partial charge is 0.293 e. The van der Waals surface area contributed by atoms with Crippen LogP contribution in [-0.2, 0) is 9.59 Å². The number of thioether (sulfide) groups is 1. The Labute approximate surface area is 203 Å². The molecule has 1 saturated heterocycles. The normalized spacial score (nSPS) is 17.8. The van der Waals surface area contributed by atoms with Crippen molar-refractivity contribution in [3.05, 3.63) is 59.0 Å². The molecule has 0 radical (unpaired) electrons. The number of carbonyl (C=O) groups excluding carboxylic acids is 3. The van der Waals surface area contributed by atoms with Gasteiger partial charge in [0.1, 0.15) is 0 Å². The van der Waals surface area contributed by atoms with E-state index in [1.807, 2.05) is 18.2 Å². The fourth-order valence-corrected chi connectivity index (χ4v) is 5.04. The second kappa shape index (κ2) is 11.2. The topological polar surface area (TPSA) is 84.9 Å². The number of nitrogens with zero attached hydrogens (tertiary/aromatic N) is 1. The molecule has 2 aromatic rings. The van der Waals surface area contributed by atoms with Crippen LogP contribution in [0.5, 0.6) is 11.5 Å². The molecule has 0 spiro atoms. The zero-order valence-corrected chi connectivity index (χ0v) is 19.9. The van der Waals surface area contributed by atoms with E-state index < -0.39 is 0 Å². The van der Waals surface area contributed by atoms with Gasteiger partial charge < -0.3 is 14.8 Å². The monoisotopic (exact) mass is 480 g/mol. The number of hydrogen-bond acceptors (Lipinski definition) is 6. The largest absolute Gasteiger partial charge is 0.493 e. The average molecular weight is 481 g/mol. The molecule has 1 aliphatic carbocycles. The Hall–Kier alpha value is -3.26. The fourth-order valence-electron chi connectivity index (χ4n) is 4.19. The second-order valence-corrected chi connectivity index (χ2v) is 9.40. The number of para-hydroxylation sites is 1. The van der Waals surface area contributed by atoms with Gasteiger partial charge in [0.05, 0.1) is 12.0 Å². The van der Waals surface area contributed by atoms with E-state index >= 15 is 0 Å². The molecule has 2 aromatic carbocycles. The van der Waals surface area contributed by atoms with Crippen LogP contribution >= 0.6 is 11.8 Å². The first kappa shape index (κ1) is 23.9. The van der Waals surface area contributed by atoms with Crippen LogP contribution in [0.25, 0.3) is 6.08 Å². The summed E-state index contributed by atoms with van der Waals surface area (Å²) in [6.07, 6.45) is 7.40. The minimum atomic E-state index is -0.288. The van der Waals surface area contributed by atoms with Crippen molar-refractivity contribution < 1.29 is 23.9 Å². The van der Waals surface area contributed by atoms with E-state index in [1.54, 1.807) is 36.4 Å². The predicted molar refractivity (Wildman–Crippen MR) is 133 cm³/mol. The van der Waals surface area contributed by atoms with E-state index in [-0.39, 0.29) is 23.7 Å². The molecule has 8 heteroatoms. The van der Waals surface area contributed by atoms with Gasteiger partial charge in [-0.15, -0.1) is 0 Å². The maximum Gasteiger partial charge on any atom is 0.293 e. The highest BCUT2D eigenvalue weighted by atomic mass is 32.2. The zero-order valence-electron chi connectivity index (χ0n) is 19.1. The van der Waals surface area contributed by atoms with E-state index in [0.29, 0.717) is 40.1 Å². The zero-order chi connectivity index (χ0) is 23.9. The third-order valence-electron chi connectivity index (χ3n) is 5.94. The molecule has 1 saturated carbocycles. The molecular weight excluding hydrogens is 452 g/mol. The number of amides is 3. The van der Waals surface area contributed by atoms with Crippen molar-refractivity contribution in [2.45, 2.75) is 32.1 Å². The number of imide groups is 1. The Bertz CT molecular complexity index is 1080. The Kier molecular flexibility index (Phi) is 7.90. The lowest BCUT2D eigenvalue weighted by Crippen LogP contribution is -2.34. The van der Waals surface area contributed by atoms with Gasteiger partial charge in [-0.2, -0.15) is 0 Å². The number of anilines is 1. The first-order valence-corrected chi connectivity index (χ1v) is 12.3. The number of rotatable bonds is 8. The van der Waals surface area contributed by atoms with E-state index in [0.717, 1.165) is 24.6 Å². The molecule has 3 amide bonds. The van der Waals surface area contributed by atoms with Crippen LogP contribution in [0.2, 0.25) is 0 Å². The van der Waals surface area contributed by atoms with Gasteiger partial charge in [0.2, 0.25) is 0 Å². The number of carbonyl (C=O) groups is 3. The van der Waals surface area contributed by atoms with Gasteiger partial charge in [-0.3, -0.25) is 19.3 Å². The Morgan fingerprint density at radius 3 is 2.59 bits per heavy atom. The van der Waals surface area contributed by atoms with Crippen molar-refractivity contribution in [2.24, 2.45) is 5.92 Å². The molecule has 178 valence electrons. The highest BCUT2D eigenvalue weighted by molar-refractivity contribution is 8.18. The summed E-state index contributed by atoms with van der Waals surface area (Å²) in [5.41, 5.74) is 1.40. The van der Waals surface area contributed by atoms with Crippen LogP contribution in [0.3, 0.4) is 0 Å². The molecule has 34 heavy (non-hydrogen) atoms. The lowest BCUT2D eigenvalue weighted by Gasteiger charge is -2.25. The number of nitrogens with one attached hydrogen (secondary N) is 1.